The van der Waals surface area contributed by atoms with Crippen LogP contribution in [0.1, 0.15) is 31.2 Å². The molecule has 1 amide bonds. The minimum Gasteiger partial charge on any atom is -0.469 e. The normalized spacial score (nSPS) is 14.5. The number of H-pyrrole nitrogens is 1. The monoisotopic (exact) mass is 489 g/mol. The van der Waals surface area contributed by atoms with Crippen molar-refractivity contribution >= 4 is 45.3 Å². The van der Waals surface area contributed by atoms with Crippen LogP contribution in [0.25, 0.3) is 33.2 Å². The number of rotatable bonds is 6. The van der Waals surface area contributed by atoms with E-state index in [1.807, 2.05) is 47.4 Å². The lowest BCUT2D eigenvalue weighted by Gasteiger charge is -2.30. The van der Waals surface area contributed by atoms with Gasteiger partial charge < -0.3 is 14.6 Å². The van der Waals surface area contributed by atoms with Crippen molar-refractivity contribution in [2.75, 3.05) is 20.2 Å². The number of ether oxygens (including phenoxy) is 1. The Morgan fingerprint density at radius 1 is 1.11 bits per heavy atom. The summed E-state index contributed by atoms with van der Waals surface area (Å²) in [6.45, 7) is 1.21. The molecule has 2 aromatic carbocycles. The van der Waals surface area contributed by atoms with E-state index in [1.165, 1.54) is 7.11 Å². The number of fused-ring (bicyclic) bond motifs is 2. The largest absolute Gasteiger partial charge is 0.469 e. The molecule has 0 aliphatic carbocycles. The molecule has 2 aromatic heterocycles. The van der Waals surface area contributed by atoms with E-state index in [-0.39, 0.29) is 17.8 Å². The van der Waals surface area contributed by atoms with Crippen LogP contribution in [-0.2, 0) is 20.7 Å². The Morgan fingerprint density at radius 3 is 2.71 bits per heavy atom. The number of carbonyl (C=O) groups is 2. The first-order valence-corrected chi connectivity index (χ1v) is 12.4. The standard InChI is InChI=1S/C28H28ClN3O3/c1-35-28(34)19-13-15-32(16-14-19)26(33)8-4-6-21-22-17-20(29)10-12-24(22)31-27(21)25-11-9-18-5-2-3-7-23(18)30-25/h2-3,5,7,9-12,17,19,31H,4,6,8,13-16H2,1H3. The molecule has 35 heavy (non-hydrogen) atoms. The van der Waals surface area contributed by atoms with Gasteiger partial charge in [0.1, 0.15) is 0 Å². The van der Waals surface area contributed by atoms with Gasteiger partial charge in [-0.3, -0.25) is 9.59 Å². The van der Waals surface area contributed by atoms with E-state index in [1.54, 1.807) is 0 Å². The number of benzene rings is 2. The molecule has 180 valence electrons. The fourth-order valence-electron chi connectivity index (χ4n) is 5.01. The van der Waals surface area contributed by atoms with Gasteiger partial charge in [-0.1, -0.05) is 35.9 Å². The first kappa shape index (κ1) is 23.4. The second-order valence-electron chi connectivity index (χ2n) is 9.09. The summed E-state index contributed by atoms with van der Waals surface area (Å²) in [4.78, 5) is 34.9. The number of nitrogens with zero attached hydrogens (tertiary/aromatic N) is 2. The molecule has 0 radical (unpaired) electrons. The number of likely N-dealkylation sites (tertiary alicyclic amines) is 1. The SMILES string of the molecule is COC(=O)C1CCN(C(=O)CCCc2c(-c3ccc4ccccc4n3)[nH]c3ccc(Cl)cc23)CC1. The Morgan fingerprint density at radius 2 is 1.91 bits per heavy atom. The third-order valence-corrected chi connectivity index (χ3v) is 7.16. The van der Waals surface area contributed by atoms with Crippen molar-refractivity contribution < 1.29 is 14.3 Å². The Labute approximate surface area is 209 Å². The number of aromatic amines is 1. The van der Waals surface area contributed by atoms with E-state index in [0.29, 0.717) is 37.4 Å². The maximum absolute atomic E-state index is 12.9. The number of nitrogens with one attached hydrogen (secondary N) is 1. The average molecular weight is 490 g/mol. The molecule has 0 saturated carbocycles. The fraction of sp³-hybridized carbons (Fsp3) is 0.321. The number of para-hydroxylation sites is 1. The van der Waals surface area contributed by atoms with E-state index in [2.05, 4.69) is 17.1 Å². The van der Waals surface area contributed by atoms with Crippen LogP contribution in [0.5, 0.6) is 0 Å². The number of hydrogen-bond acceptors (Lipinski definition) is 4. The van der Waals surface area contributed by atoms with Gasteiger partial charge in [0.2, 0.25) is 5.91 Å². The van der Waals surface area contributed by atoms with Crippen LogP contribution in [0.2, 0.25) is 5.02 Å². The minimum atomic E-state index is -0.176. The second kappa shape index (κ2) is 10.1. The summed E-state index contributed by atoms with van der Waals surface area (Å²) in [5.41, 5.74) is 4.92. The summed E-state index contributed by atoms with van der Waals surface area (Å²) in [6.07, 6.45) is 3.24. The maximum atomic E-state index is 12.9. The maximum Gasteiger partial charge on any atom is 0.308 e. The minimum absolute atomic E-state index is 0.1000. The van der Waals surface area contributed by atoms with Crippen LogP contribution in [0.3, 0.4) is 0 Å². The number of aromatic nitrogens is 2. The lowest BCUT2D eigenvalue weighted by Crippen LogP contribution is -2.40. The first-order chi connectivity index (χ1) is 17.0. The predicted octanol–water partition coefficient (Wildman–Crippen LogP) is 5.77. The van der Waals surface area contributed by atoms with Gasteiger partial charge in [-0.2, -0.15) is 0 Å². The van der Waals surface area contributed by atoms with Crippen molar-refractivity contribution in [2.24, 2.45) is 5.92 Å². The van der Waals surface area contributed by atoms with Crippen molar-refractivity contribution in [3.8, 4) is 11.4 Å². The second-order valence-corrected chi connectivity index (χ2v) is 9.53. The third-order valence-electron chi connectivity index (χ3n) is 6.92. The lowest BCUT2D eigenvalue weighted by atomic mass is 9.96. The number of amides is 1. The van der Waals surface area contributed by atoms with E-state index >= 15 is 0 Å². The van der Waals surface area contributed by atoms with Crippen molar-refractivity contribution in [1.82, 2.24) is 14.9 Å². The van der Waals surface area contributed by atoms with Crippen molar-refractivity contribution in [2.45, 2.75) is 32.1 Å². The van der Waals surface area contributed by atoms with Crippen molar-refractivity contribution in [3.63, 3.8) is 0 Å². The van der Waals surface area contributed by atoms with Gasteiger partial charge in [0, 0.05) is 40.8 Å². The third kappa shape index (κ3) is 4.89. The number of halogens is 1. The molecule has 1 N–H and O–H groups in total. The molecular weight excluding hydrogens is 462 g/mol. The Kier molecular flexibility index (Phi) is 6.73. The highest BCUT2D eigenvalue weighted by Crippen LogP contribution is 2.33. The highest BCUT2D eigenvalue weighted by molar-refractivity contribution is 6.31. The van der Waals surface area contributed by atoms with E-state index < -0.39 is 0 Å². The topological polar surface area (TPSA) is 75.3 Å². The number of methoxy groups -OCH3 is 1. The van der Waals surface area contributed by atoms with Crippen molar-refractivity contribution in [3.05, 3.63) is 65.2 Å². The molecule has 0 unspecified atom stereocenters. The van der Waals surface area contributed by atoms with Crippen LogP contribution in [0.15, 0.2) is 54.6 Å². The van der Waals surface area contributed by atoms with Crippen LogP contribution < -0.4 is 0 Å². The Bertz CT molecular complexity index is 1390. The Hall–Kier alpha value is -3.38. The molecule has 4 aromatic rings. The lowest BCUT2D eigenvalue weighted by molar-refractivity contribution is -0.148. The summed E-state index contributed by atoms with van der Waals surface area (Å²) in [5, 5.41) is 2.84. The van der Waals surface area contributed by atoms with Crippen molar-refractivity contribution in [1.29, 1.82) is 0 Å². The molecule has 0 atom stereocenters. The summed E-state index contributed by atoms with van der Waals surface area (Å²) < 4.78 is 4.85. The Balaban J connectivity index is 1.33. The smallest absolute Gasteiger partial charge is 0.308 e. The average Bonchev–Trinajstić information content (AvgIpc) is 3.25. The zero-order valence-corrected chi connectivity index (χ0v) is 20.5. The first-order valence-electron chi connectivity index (χ1n) is 12.1. The van der Waals surface area contributed by atoms with Crippen LogP contribution in [-0.4, -0.2) is 46.9 Å². The molecule has 7 heteroatoms. The van der Waals surface area contributed by atoms with Gasteiger partial charge in [-0.25, -0.2) is 4.98 Å². The van der Waals surface area contributed by atoms with Gasteiger partial charge in [-0.15, -0.1) is 0 Å². The van der Waals surface area contributed by atoms with Gasteiger partial charge in [0.15, 0.2) is 0 Å². The summed E-state index contributed by atoms with van der Waals surface area (Å²) in [6, 6.07) is 18.0. The van der Waals surface area contributed by atoms with E-state index in [9.17, 15) is 9.59 Å². The quantitative estimate of drug-likeness (QED) is 0.349. The van der Waals surface area contributed by atoms with Gasteiger partial charge in [-0.05, 0) is 61.6 Å². The number of pyridine rings is 1. The highest BCUT2D eigenvalue weighted by Gasteiger charge is 2.27. The van der Waals surface area contributed by atoms with Crippen LogP contribution in [0.4, 0.5) is 0 Å². The molecule has 1 fully saturated rings. The number of piperidine rings is 1. The van der Waals surface area contributed by atoms with Gasteiger partial charge in [0.05, 0.1) is 29.9 Å². The molecule has 3 heterocycles. The number of hydrogen-bond donors (Lipinski definition) is 1. The van der Waals surface area contributed by atoms with E-state index in [0.717, 1.165) is 51.6 Å². The molecule has 6 nitrogen and oxygen atoms in total. The van der Waals surface area contributed by atoms with Crippen LogP contribution in [0, 0.1) is 5.92 Å². The molecular formula is C28H28ClN3O3. The number of carbonyl (C=O) groups excluding carboxylic acids is 2. The summed E-state index contributed by atoms with van der Waals surface area (Å²) >= 11 is 6.33. The number of aryl methyl sites for hydroxylation is 1. The summed E-state index contributed by atoms with van der Waals surface area (Å²) in [5.74, 6) is -0.140. The molecule has 0 spiro atoms. The van der Waals surface area contributed by atoms with Crippen LogP contribution >= 0.6 is 11.6 Å². The zero-order valence-electron chi connectivity index (χ0n) is 19.7. The molecule has 1 saturated heterocycles. The number of esters is 1. The van der Waals surface area contributed by atoms with Gasteiger partial charge >= 0.3 is 5.97 Å². The molecule has 1 aliphatic heterocycles. The van der Waals surface area contributed by atoms with E-state index in [4.69, 9.17) is 21.3 Å². The predicted molar refractivity (Wildman–Crippen MR) is 138 cm³/mol. The molecule has 1 aliphatic rings. The molecule has 0 bridgehead atoms. The zero-order chi connectivity index (χ0) is 24.4. The fourth-order valence-corrected chi connectivity index (χ4v) is 5.18. The summed E-state index contributed by atoms with van der Waals surface area (Å²) in [7, 11) is 1.42. The molecule has 5 rings (SSSR count). The highest BCUT2D eigenvalue weighted by atomic mass is 35.5. The van der Waals surface area contributed by atoms with Gasteiger partial charge in [0.25, 0.3) is 0 Å².